The van der Waals surface area contributed by atoms with Gasteiger partial charge >= 0.3 is 0 Å². The molecule has 1 aliphatic carbocycles. The van der Waals surface area contributed by atoms with Gasteiger partial charge in [-0.2, -0.15) is 0 Å². The maximum absolute atomic E-state index is 12.7. The highest BCUT2D eigenvalue weighted by Crippen LogP contribution is 2.35. The van der Waals surface area contributed by atoms with Gasteiger partial charge in [-0.15, -0.1) is 0 Å². The Bertz CT molecular complexity index is 890. The van der Waals surface area contributed by atoms with Crippen molar-refractivity contribution in [3.8, 4) is 0 Å². The molecule has 28 heavy (non-hydrogen) atoms. The standard InChI is InChI=1S/C20H27N3O3S2/c1-13-8-9-14(19(24)21-15-6-4-2-3-5-7-15)10-16(13)22-20-23-17-11-28(25,26)12-18(17)27-20/h8-10,15,17-18H,2-7,11-12H2,1H3,(H,21,24)(H,22,23)/t17-,18-/m1/s1. The molecule has 1 saturated heterocycles. The van der Waals surface area contributed by atoms with Crippen molar-refractivity contribution in [1.82, 2.24) is 5.32 Å². The van der Waals surface area contributed by atoms with Crippen LogP contribution in [0, 0.1) is 6.92 Å². The zero-order valence-corrected chi connectivity index (χ0v) is 17.7. The van der Waals surface area contributed by atoms with Crippen LogP contribution in [0.5, 0.6) is 0 Å². The predicted molar refractivity (Wildman–Crippen MR) is 115 cm³/mol. The number of amides is 1. The van der Waals surface area contributed by atoms with Crippen molar-refractivity contribution in [1.29, 1.82) is 0 Å². The summed E-state index contributed by atoms with van der Waals surface area (Å²) in [6.07, 6.45) is 6.99. The molecule has 6 nitrogen and oxygen atoms in total. The third-order valence-electron chi connectivity index (χ3n) is 5.75. The lowest BCUT2D eigenvalue weighted by Gasteiger charge is -2.17. The summed E-state index contributed by atoms with van der Waals surface area (Å²) in [5.41, 5.74) is 2.52. The molecular formula is C20H27N3O3S2. The molecular weight excluding hydrogens is 394 g/mol. The van der Waals surface area contributed by atoms with Gasteiger partial charge in [0.05, 0.1) is 17.5 Å². The van der Waals surface area contributed by atoms with E-state index in [0.717, 1.165) is 29.3 Å². The van der Waals surface area contributed by atoms with E-state index in [-0.39, 0.29) is 34.7 Å². The van der Waals surface area contributed by atoms with Crippen LogP contribution in [-0.4, -0.2) is 48.3 Å². The molecule has 1 aromatic rings. The third-order valence-corrected chi connectivity index (χ3v) is 8.89. The lowest BCUT2D eigenvalue weighted by atomic mass is 10.1. The number of anilines is 1. The third kappa shape index (κ3) is 4.54. The van der Waals surface area contributed by atoms with Gasteiger partial charge in [0, 0.05) is 22.5 Å². The Hall–Kier alpha value is -1.54. The summed E-state index contributed by atoms with van der Waals surface area (Å²) in [7, 11) is -2.95. The normalized spacial score (nSPS) is 27.0. The van der Waals surface area contributed by atoms with E-state index in [2.05, 4.69) is 15.6 Å². The van der Waals surface area contributed by atoms with Crippen LogP contribution < -0.4 is 10.6 Å². The van der Waals surface area contributed by atoms with E-state index in [9.17, 15) is 13.2 Å². The number of hydrogen-bond acceptors (Lipinski definition) is 6. The highest BCUT2D eigenvalue weighted by molar-refractivity contribution is 8.15. The number of amidine groups is 1. The summed E-state index contributed by atoms with van der Waals surface area (Å²) in [5, 5.41) is 7.25. The fourth-order valence-electron chi connectivity index (χ4n) is 4.12. The average Bonchev–Trinajstić information content (AvgIpc) is 2.98. The number of carbonyl (C=O) groups is 1. The Morgan fingerprint density at radius 1 is 1.14 bits per heavy atom. The quantitative estimate of drug-likeness (QED) is 0.732. The molecule has 1 amide bonds. The van der Waals surface area contributed by atoms with Gasteiger partial charge in [-0.3, -0.25) is 9.79 Å². The minimum Gasteiger partial charge on any atom is -0.349 e. The first-order chi connectivity index (χ1) is 13.4. The lowest BCUT2D eigenvalue weighted by Crippen LogP contribution is -2.34. The van der Waals surface area contributed by atoms with Crippen LogP contribution in [-0.2, 0) is 9.84 Å². The SMILES string of the molecule is Cc1ccc(C(=O)NC2CCCCCC2)cc1NC1=N[C@@H]2CS(=O)(=O)C[C@H]2S1. The van der Waals surface area contributed by atoms with Gasteiger partial charge in [0.2, 0.25) is 0 Å². The maximum atomic E-state index is 12.7. The van der Waals surface area contributed by atoms with Crippen molar-refractivity contribution in [3.05, 3.63) is 29.3 Å². The molecule has 1 aromatic carbocycles. The number of rotatable bonds is 3. The van der Waals surface area contributed by atoms with E-state index < -0.39 is 9.84 Å². The molecule has 4 rings (SSSR count). The average molecular weight is 422 g/mol. The number of carbonyl (C=O) groups excluding carboxylic acids is 1. The second-order valence-corrected chi connectivity index (χ2v) is 11.4. The lowest BCUT2D eigenvalue weighted by molar-refractivity contribution is 0.0933. The fraction of sp³-hybridized carbons (Fsp3) is 0.600. The topological polar surface area (TPSA) is 87.6 Å². The molecule has 3 aliphatic rings. The zero-order chi connectivity index (χ0) is 19.7. The van der Waals surface area contributed by atoms with Gasteiger partial charge in [0.25, 0.3) is 5.91 Å². The number of aryl methyl sites for hydroxylation is 1. The summed E-state index contributed by atoms with van der Waals surface area (Å²) in [4.78, 5) is 17.3. The Labute approximate surface area is 170 Å². The van der Waals surface area contributed by atoms with Crippen molar-refractivity contribution in [2.75, 3.05) is 16.8 Å². The van der Waals surface area contributed by atoms with E-state index in [1.807, 2.05) is 25.1 Å². The molecule has 8 heteroatoms. The zero-order valence-electron chi connectivity index (χ0n) is 16.1. The number of hydrogen-bond donors (Lipinski definition) is 2. The predicted octanol–water partition coefficient (Wildman–Crippen LogP) is 3.13. The van der Waals surface area contributed by atoms with Crippen LogP contribution in [0.25, 0.3) is 0 Å². The first kappa shape index (κ1) is 19.8. The molecule has 2 N–H and O–H groups in total. The monoisotopic (exact) mass is 421 g/mol. The van der Waals surface area contributed by atoms with Crippen molar-refractivity contribution in [3.63, 3.8) is 0 Å². The highest BCUT2D eigenvalue weighted by atomic mass is 32.2. The van der Waals surface area contributed by atoms with Crippen molar-refractivity contribution < 1.29 is 13.2 Å². The van der Waals surface area contributed by atoms with E-state index >= 15 is 0 Å². The van der Waals surface area contributed by atoms with Gasteiger partial charge in [0.1, 0.15) is 0 Å². The Kier molecular flexibility index (Phi) is 5.69. The summed E-state index contributed by atoms with van der Waals surface area (Å²) in [6, 6.07) is 5.78. The molecule has 2 aliphatic heterocycles. The molecule has 0 bridgehead atoms. The van der Waals surface area contributed by atoms with E-state index in [4.69, 9.17) is 0 Å². The van der Waals surface area contributed by atoms with Gasteiger partial charge in [-0.1, -0.05) is 43.5 Å². The minimum absolute atomic E-state index is 0.00882. The molecule has 0 spiro atoms. The van der Waals surface area contributed by atoms with Crippen molar-refractivity contribution in [2.24, 2.45) is 4.99 Å². The number of aliphatic imine (C=N–C) groups is 1. The largest absolute Gasteiger partial charge is 0.349 e. The van der Waals surface area contributed by atoms with Crippen molar-refractivity contribution >= 4 is 38.4 Å². The molecule has 1 saturated carbocycles. The second kappa shape index (κ2) is 8.06. The first-order valence-electron chi connectivity index (χ1n) is 10.0. The van der Waals surface area contributed by atoms with Crippen LogP contribution >= 0.6 is 11.8 Å². The number of nitrogens with one attached hydrogen (secondary N) is 2. The number of benzene rings is 1. The second-order valence-electron chi connectivity index (χ2n) is 8.05. The van der Waals surface area contributed by atoms with Crippen molar-refractivity contribution in [2.45, 2.75) is 62.8 Å². The summed E-state index contributed by atoms with van der Waals surface area (Å²) < 4.78 is 23.4. The van der Waals surface area contributed by atoms with Crippen LogP contribution in [0.15, 0.2) is 23.2 Å². The molecule has 0 unspecified atom stereocenters. The number of fused-ring (bicyclic) bond motifs is 1. The van der Waals surface area contributed by atoms with E-state index in [1.165, 1.54) is 37.4 Å². The molecule has 2 fully saturated rings. The van der Waals surface area contributed by atoms with Crippen LogP contribution in [0.4, 0.5) is 5.69 Å². The summed E-state index contributed by atoms with van der Waals surface area (Å²) in [6.45, 7) is 1.99. The van der Waals surface area contributed by atoms with E-state index in [1.54, 1.807) is 0 Å². The summed E-state index contributed by atoms with van der Waals surface area (Å²) in [5.74, 6) is 0.303. The smallest absolute Gasteiger partial charge is 0.251 e. The van der Waals surface area contributed by atoms with Gasteiger partial charge in [-0.05, 0) is 37.5 Å². The fourth-order valence-corrected chi connectivity index (χ4v) is 7.79. The number of thioether (sulfide) groups is 1. The highest BCUT2D eigenvalue weighted by Gasteiger charge is 2.42. The molecule has 2 atom stereocenters. The number of nitrogens with zero attached hydrogens (tertiary/aromatic N) is 1. The molecule has 2 heterocycles. The molecule has 0 aromatic heterocycles. The van der Waals surface area contributed by atoms with Crippen LogP contribution in [0.3, 0.4) is 0 Å². The van der Waals surface area contributed by atoms with Gasteiger partial charge in [0.15, 0.2) is 15.0 Å². The molecule has 152 valence electrons. The minimum atomic E-state index is -2.95. The Balaban J connectivity index is 1.43. The Morgan fingerprint density at radius 3 is 2.61 bits per heavy atom. The molecule has 0 radical (unpaired) electrons. The maximum Gasteiger partial charge on any atom is 0.251 e. The van der Waals surface area contributed by atoms with Crippen LogP contribution in [0.1, 0.15) is 54.4 Å². The first-order valence-corrected chi connectivity index (χ1v) is 12.7. The summed E-state index contributed by atoms with van der Waals surface area (Å²) >= 11 is 1.49. The number of sulfone groups is 1. The van der Waals surface area contributed by atoms with E-state index in [0.29, 0.717) is 5.56 Å². The Morgan fingerprint density at radius 2 is 1.89 bits per heavy atom. The van der Waals surface area contributed by atoms with Gasteiger partial charge < -0.3 is 10.6 Å². The van der Waals surface area contributed by atoms with Gasteiger partial charge in [-0.25, -0.2) is 8.42 Å². The van der Waals surface area contributed by atoms with Crippen LogP contribution in [0.2, 0.25) is 0 Å².